The second-order valence-corrected chi connectivity index (χ2v) is 3.96. The molecule has 1 aliphatic rings. The van der Waals surface area contributed by atoms with Gasteiger partial charge in [0.05, 0.1) is 19.3 Å². The first-order valence-corrected chi connectivity index (χ1v) is 5.40. The Morgan fingerprint density at radius 2 is 2.18 bits per heavy atom. The van der Waals surface area contributed by atoms with Crippen LogP contribution in [0.4, 0.5) is 13.2 Å². The second-order valence-electron chi connectivity index (χ2n) is 3.96. The third kappa shape index (κ3) is 4.91. The van der Waals surface area contributed by atoms with Crippen LogP contribution in [0.15, 0.2) is 0 Å². The van der Waals surface area contributed by atoms with E-state index in [4.69, 9.17) is 14.6 Å². The first-order valence-electron chi connectivity index (χ1n) is 5.40. The fraction of sp³-hybridized carbons (Fsp3) is 0.900. The lowest BCUT2D eigenvalue weighted by molar-refractivity contribution is -0.204. The van der Waals surface area contributed by atoms with E-state index >= 15 is 0 Å². The normalized spacial score (nSPS) is 23.4. The van der Waals surface area contributed by atoms with Crippen molar-refractivity contribution in [2.75, 3.05) is 19.8 Å². The van der Waals surface area contributed by atoms with E-state index in [2.05, 4.69) is 0 Å². The van der Waals surface area contributed by atoms with Crippen molar-refractivity contribution in [2.24, 2.45) is 5.92 Å². The van der Waals surface area contributed by atoms with E-state index in [1.54, 1.807) is 0 Å². The van der Waals surface area contributed by atoms with Crippen molar-refractivity contribution in [1.82, 2.24) is 0 Å². The highest BCUT2D eigenvalue weighted by Gasteiger charge is 2.45. The Morgan fingerprint density at radius 3 is 2.65 bits per heavy atom. The zero-order valence-electron chi connectivity index (χ0n) is 9.20. The molecule has 1 saturated heterocycles. The smallest absolute Gasteiger partial charge is 0.404 e. The summed E-state index contributed by atoms with van der Waals surface area (Å²) in [5.41, 5.74) is 0. The van der Waals surface area contributed by atoms with Crippen LogP contribution in [0, 0.1) is 5.92 Å². The molecule has 0 amide bonds. The number of alkyl halides is 3. The highest BCUT2D eigenvalue weighted by Crippen LogP contribution is 2.26. The first-order chi connectivity index (χ1) is 7.91. The summed E-state index contributed by atoms with van der Waals surface area (Å²) in [5, 5.41) is 8.41. The molecule has 2 atom stereocenters. The molecule has 0 bridgehead atoms. The molecule has 100 valence electrons. The second kappa shape index (κ2) is 6.20. The quantitative estimate of drug-likeness (QED) is 0.815. The third-order valence-corrected chi connectivity index (χ3v) is 2.56. The number of halogens is 3. The summed E-state index contributed by atoms with van der Waals surface area (Å²) in [6, 6.07) is 0. The van der Waals surface area contributed by atoms with Gasteiger partial charge in [-0.1, -0.05) is 0 Å². The van der Waals surface area contributed by atoms with Gasteiger partial charge in [-0.15, -0.1) is 0 Å². The van der Waals surface area contributed by atoms with Crippen molar-refractivity contribution < 1.29 is 32.5 Å². The van der Waals surface area contributed by atoms with Gasteiger partial charge in [0.15, 0.2) is 5.92 Å². The highest BCUT2D eigenvalue weighted by atomic mass is 19.4. The number of rotatable bonds is 5. The maximum Gasteiger partial charge on any atom is 0.404 e. The topological polar surface area (TPSA) is 55.8 Å². The summed E-state index contributed by atoms with van der Waals surface area (Å²) in [7, 11) is 0. The number of aliphatic carboxylic acids is 1. The summed E-state index contributed by atoms with van der Waals surface area (Å²) in [6.45, 7) is -0.270. The first kappa shape index (κ1) is 14.2. The van der Waals surface area contributed by atoms with Gasteiger partial charge in [0.1, 0.15) is 0 Å². The third-order valence-electron chi connectivity index (χ3n) is 2.56. The van der Waals surface area contributed by atoms with Gasteiger partial charge in [0.25, 0.3) is 0 Å². The molecule has 0 aromatic carbocycles. The van der Waals surface area contributed by atoms with Crippen LogP contribution >= 0.6 is 0 Å². The summed E-state index contributed by atoms with van der Waals surface area (Å²) in [5.74, 6) is -4.38. The molecule has 0 aliphatic carbocycles. The van der Waals surface area contributed by atoms with Gasteiger partial charge in [-0.25, -0.2) is 0 Å². The molecule has 4 nitrogen and oxygen atoms in total. The Balaban J connectivity index is 2.29. The van der Waals surface area contributed by atoms with Gasteiger partial charge in [0, 0.05) is 6.61 Å². The monoisotopic (exact) mass is 256 g/mol. The fourth-order valence-electron chi connectivity index (χ4n) is 1.56. The molecular formula is C10H15F3O4. The summed E-state index contributed by atoms with van der Waals surface area (Å²) in [6.07, 6.45) is -2.36. The molecule has 7 heteroatoms. The van der Waals surface area contributed by atoms with Gasteiger partial charge < -0.3 is 14.6 Å². The van der Waals surface area contributed by atoms with Crippen LogP contribution in [-0.2, 0) is 14.3 Å². The van der Waals surface area contributed by atoms with Crippen molar-refractivity contribution in [3.05, 3.63) is 0 Å². The Hall–Kier alpha value is -0.820. The van der Waals surface area contributed by atoms with Crippen LogP contribution in [0.2, 0.25) is 0 Å². The van der Waals surface area contributed by atoms with Crippen molar-refractivity contribution in [3.8, 4) is 0 Å². The molecule has 1 N–H and O–H groups in total. The number of carbonyl (C=O) groups is 1. The molecule has 0 radical (unpaired) electrons. The standard InChI is InChI=1S/C10H15F3O4/c11-10(12,13)8(9(14)15)6-16-5-7-3-1-2-4-17-7/h7-8H,1-6H2,(H,14,15). The van der Waals surface area contributed by atoms with Crippen molar-refractivity contribution in [1.29, 1.82) is 0 Å². The molecule has 0 aromatic heterocycles. The lowest BCUT2D eigenvalue weighted by atomic mass is 10.1. The van der Waals surface area contributed by atoms with Gasteiger partial charge in [0.2, 0.25) is 0 Å². The Kier molecular flexibility index (Phi) is 5.20. The number of hydrogen-bond donors (Lipinski definition) is 1. The zero-order valence-corrected chi connectivity index (χ0v) is 9.20. The average molecular weight is 256 g/mol. The Morgan fingerprint density at radius 1 is 1.47 bits per heavy atom. The minimum Gasteiger partial charge on any atom is -0.481 e. The maximum absolute atomic E-state index is 12.2. The van der Waals surface area contributed by atoms with E-state index in [1.807, 2.05) is 0 Å². The number of carboxylic acids is 1. The molecule has 2 unspecified atom stereocenters. The van der Waals surface area contributed by atoms with Gasteiger partial charge in [-0.3, -0.25) is 4.79 Å². The lowest BCUT2D eigenvalue weighted by Crippen LogP contribution is -2.36. The summed E-state index contributed by atoms with van der Waals surface area (Å²) in [4.78, 5) is 10.4. The zero-order chi connectivity index (χ0) is 12.9. The molecule has 1 fully saturated rings. The minimum absolute atomic E-state index is 0.0138. The van der Waals surface area contributed by atoms with E-state index in [1.165, 1.54) is 0 Å². The molecule has 1 aliphatic heterocycles. The molecule has 0 spiro atoms. The van der Waals surface area contributed by atoms with Crippen LogP contribution in [0.3, 0.4) is 0 Å². The molecule has 0 aromatic rings. The van der Waals surface area contributed by atoms with Crippen LogP contribution in [0.5, 0.6) is 0 Å². The van der Waals surface area contributed by atoms with Crippen LogP contribution in [-0.4, -0.2) is 43.2 Å². The van der Waals surface area contributed by atoms with E-state index in [0.29, 0.717) is 6.61 Å². The number of carboxylic acid groups (broad SMARTS) is 1. The number of ether oxygens (including phenoxy) is 2. The van der Waals surface area contributed by atoms with Crippen molar-refractivity contribution >= 4 is 5.97 Å². The van der Waals surface area contributed by atoms with Gasteiger partial charge in [-0.05, 0) is 19.3 Å². The SMILES string of the molecule is O=C(O)C(COCC1CCCCO1)C(F)(F)F. The molecule has 0 saturated carbocycles. The van der Waals surface area contributed by atoms with Crippen molar-refractivity contribution in [3.63, 3.8) is 0 Å². The molecular weight excluding hydrogens is 241 g/mol. The van der Waals surface area contributed by atoms with E-state index < -0.39 is 24.7 Å². The van der Waals surface area contributed by atoms with Gasteiger partial charge in [-0.2, -0.15) is 13.2 Å². The minimum atomic E-state index is -4.78. The lowest BCUT2D eigenvalue weighted by Gasteiger charge is -2.23. The molecule has 1 rings (SSSR count). The summed E-state index contributed by atoms with van der Waals surface area (Å²) < 4.78 is 46.8. The predicted molar refractivity (Wildman–Crippen MR) is 51.6 cm³/mol. The molecule has 17 heavy (non-hydrogen) atoms. The van der Waals surface area contributed by atoms with Crippen LogP contribution in [0.1, 0.15) is 19.3 Å². The Labute approximate surface area is 96.7 Å². The largest absolute Gasteiger partial charge is 0.481 e. The van der Waals surface area contributed by atoms with Crippen molar-refractivity contribution in [2.45, 2.75) is 31.5 Å². The van der Waals surface area contributed by atoms with E-state index in [0.717, 1.165) is 19.3 Å². The van der Waals surface area contributed by atoms with Gasteiger partial charge >= 0.3 is 12.1 Å². The molecule has 1 heterocycles. The Bertz CT molecular complexity index is 248. The fourth-order valence-corrected chi connectivity index (χ4v) is 1.56. The van der Waals surface area contributed by atoms with Crippen LogP contribution in [0.25, 0.3) is 0 Å². The summed E-state index contributed by atoms with van der Waals surface area (Å²) >= 11 is 0. The van der Waals surface area contributed by atoms with E-state index in [-0.39, 0.29) is 12.7 Å². The highest BCUT2D eigenvalue weighted by molar-refractivity contribution is 5.71. The number of hydrogen-bond acceptors (Lipinski definition) is 3. The predicted octanol–water partition coefficient (Wildman–Crippen LogP) is 1.84. The van der Waals surface area contributed by atoms with Crippen LogP contribution < -0.4 is 0 Å². The maximum atomic E-state index is 12.2. The average Bonchev–Trinajstić information content (AvgIpc) is 2.23. The van der Waals surface area contributed by atoms with E-state index in [9.17, 15) is 18.0 Å².